The van der Waals surface area contributed by atoms with E-state index in [1.807, 2.05) is 4.90 Å². The van der Waals surface area contributed by atoms with Gasteiger partial charge in [0.25, 0.3) is 0 Å². The number of hydrogen-bond donors (Lipinski definition) is 1. The molecular formula is C25H40N6O2S. The van der Waals surface area contributed by atoms with Crippen LogP contribution in [-0.4, -0.2) is 78.3 Å². The number of rotatable bonds is 6. The van der Waals surface area contributed by atoms with Crippen LogP contribution in [0.4, 0.5) is 10.5 Å². The Morgan fingerprint density at radius 1 is 1.21 bits per heavy atom. The van der Waals surface area contributed by atoms with E-state index < -0.39 is 0 Å². The Kier molecular flexibility index (Phi) is 7.94. The number of aromatic nitrogens is 2. The number of aryl methyl sites for hydroxylation is 1. The minimum Gasteiger partial charge on any atom is -0.381 e. The molecule has 0 atom stereocenters. The summed E-state index contributed by atoms with van der Waals surface area (Å²) >= 11 is 1.71. The molecule has 4 rings (SSSR count). The molecule has 2 aliphatic rings. The van der Waals surface area contributed by atoms with E-state index in [9.17, 15) is 4.79 Å². The average molecular weight is 489 g/mol. The molecule has 0 bridgehead atoms. The largest absolute Gasteiger partial charge is 0.381 e. The number of imidazole rings is 1. The highest BCUT2D eigenvalue weighted by atomic mass is 32.2. The lowest BCUT2D eigenvalue weighted by Gasteiger charge is -2.35. The Morgan fingerprint density at radius 3 is 2.56 bits per heavy atom. The van der Waals surface area contributed by atoms with Crippen molar-refractivity contribution in [3.8, 4) is 0 Å². The van der Waals surface area contributed by atoms with Crippen molar-refractivity contribution in [2.45, 2.75) is 52.0 Å². The van der Waals surface area contributed by atoms with E-state index in [1.54, 1.807) is 19.2 Å². The second-order valence-corrected chi connectivity index (χ2v) is 11.6. The zero-order valence-electron chi connectivity index (χ0n) is 21.3. The zero-order chi connectivity index (χ0) is 24.3. The summed E-state index contributed by atoms with van der Waals surface area (Å²) in [5, 5.41) is 2.71. The van der Waals surface area contributed by atoms with E-state index in [2.05, 4.69) is 64.5 Å². The first-order valence-corrected chi connectivity index (χ1v) is 13.2. The fraction of sp³-hybridized carbons (Fsp3) is 0.680. The molecule has 0 unspecified atom stereocenters. The lowest BCUT2D eigenvalue weighted by atomic mass is 9.94. The van der Waals surface area contributed by atoms with Crippen LogP contribution in [0.1, 0.15) is 45.9 Å². The van der Waals surface area contributed by atoms with Crippen molar-refractivity contribution in [3.63, 3.8) is 0 Å². The van der Waals surface area contributed by atoms with Gasteiger partial charge >= 0.3 is 6.03 Å². The smallest absolute Gasteiger partial charge is 0.317 e. The van der Waals surface area contributed by atoms with Gasteiger partial charge in [-0.2, -0.15) is 0 Å². The van der Waals surface area contributed by atoms with Crippen LogP contribution in [0.25, 0.3) is 11.0 Å². The summed E-state index contributed by atoms with van der Waals surface area (Å²) in [7, 11) is 3.79. The van der Waals surface area contributed by atoms with Crippen LogP contribution in [0.15, 0.2) is 18.2 Å². The summed E-state index contributed by atoms with van der Waals surface area (Å²) in [6, 6.07) is 6.65. The first-order chi connectivity index (χ1) is 16.3. The van der Waals surface area contributed by atoms with E-state index in [0.29, 0.717) is 0 Å². The molecule has 0 saturated carbocycles. The van der Waals surface area contributed by atoms with Crippen LogP contribution < -0.4 is 9.62 Å². The summed E-state index contributed by atoms with van der Waals surface area (Å²) in [6.45, 7) is 12.7. The van der Waals surface area contributed by atoms with Crippen LogP contribution >= 0.6 is 12.1 Å². The number of benzene rings is 1. The molecule has 2 aliphatic heterocycles. The highest BCUT2D eigenvalue weighted by Crippen LogP contribution is 2.32. The molecule has 0 radical (unpaired) electrons. The van der Waals surface area contributed by atoms with Crippen LogP contribution in [0.2, 0.25) is 0 Å². The summed E-state index contributed by atoms with van der Waals surface area (Å²) in [4.78, 5) is 18.8. The SMILES string of the molecule is CNC(=O)N1CCN(SN(C)c2ccc3c(c2)nc(C(C)(C)C)n3CCC2CCOCC2)CC1. The van der Waals surface area contributed by atoms with E-state index in [0.717, 1.165) is 68.9 Å². The van der Waals surface area contributed by atoms with Gasteiger partial charge in [-0.1, -0.05) is 20.8 Å². The lowest BCUT2D eigenvalue weighted by molar-refractivity contribution is 0.0625. The first kappa shape index (κ1) is 25.1. The van der Waals surface area contributed by atoms with Gasteiger partial charge in [-0.15, -0.1) is 0 Å². The summed E-state index contributed by atoms with van der Waals surface area (Å²) < 4.78 is 12.5. The number of nitrogens with one attached hydrogen (secondary N) is 1. The van der Waals surface area contributed by atoms with Crippen molar-refractivity contribution >= 4 is 34.9 Å². The second-order valence-electron chi connectivity index (χ2n) is 10.4. The molecule has 2 fully saturated rings. The topological polar surface area (TPSA) is 65.9 Å². The standard InChI is InChI=1S/C25H40N6O2S/c1-25(2,3)23-27-21-18-20(28(5)34-30-14-12-29(13-15-30)24(32)26-4)6-7-22(21)31(23)11-8-19-9-16-33-17-10-19/h6-7,18-19H,8-17H2,1-5H3,(H,26,32). The number of carbonyl (C=O) groups is 1. The van der Waals surface area contributed by atoms with Gasteiger partial charge in [0.15, 0.2) is 0 Å². The van der Waals surface area contributed by atoms with Gasteiger partial charge < -0.3 is 23.8 Å². The maximum Gasteiger partial charge on any atom is 0.317 e. The fourth-order valence-electron chi connectivity index (χ4n) is 4.81. The molecule has 0 aliphatic carbocycles. The molecule has 0 spiro atoms. The Labute approximate surface area is 208 Å². The fourth-order valence-corrected chi connectivity index (χ4v) is 5.69. The normalized spacial score (nSPS) is 18.4. The number of carbonyl (C=O) groups excluding carboxylic acids is 1. The van der Waals surface area contributed by atoms with Crippen LogP contribution in [0, 0.1) is 5.92 Å². The Hall–Kier alpha value is -1.97. The third-order valence-corrected chi connectivity index (χ3v) is 7.90. The molecule has 1 aromatic heterocycles. The lowest BCUT2D eigenvalue weighted by Crippen LogP contribution is -2.49. The third-order valence-electron chi connectivity index (χ3n) is 6.85. The number of nitrogens with zero attached hydrogens (tertiary/aromatic N) is 5. The zero-order valence-corrected chi connectivity index (χ0v) is 22.2. The molecule has 3 heterocycles. The molecule has 9 heteroatoms. The number of piperazine rings is 1. The first-order valence-electron chi connectivity index (χ1n) is 12.5. The molecule has 34 heavy (non-hydrogen) atoms. The molecule has 8 nitrogen and oxygen atoms in total. The van der Waals surface area contributed by atoms with Crippen LogP contribution in [-0.2, 0) is 16.7 Å². The van der Waals surface area contributed by atoms with Gasteiger partial charge in [0.05, 0.1) is 16.7 Å². The van der Waals surface area contributed by atoms with Gasteiger partial charge in [0.2, 0.25) is 0 Å². The monoisotopic (exact) mass is 488 g/mol. The molecule has 2 aromatic rings. The van der Waals surface area contributed by atoms with Crippen LogP contribution in [0.3, 0.4) is 0 Å². The Bertz CT molecular complexity index is 974. The number of urea groups is 1. The molecule has 2 amide bonds. The number of hydrogen-bond acceptors (Lipinski definition) is 6. The van der Waals surface area contributed by atoms with Crippen molar-refractivity contribution in [1.82, 2.24) is 24.1 Å². The van der Waals surface area contributed by atoms with E-state index in [-0.39, 0.29) is 11.4 Å². The van der Waals surface area contributed by atoms with Crippen LogP contribution in [0.5, 0.6) is 0 Å². The van der Waals surface area contributed by atoms with Crippen molar-refractivity contribution in [3.05, 3.63) is 24.0 Å². The number of amides is 2. The van der Waals surface area contributed by atoms with E-state index >= 15 is 0 Å². The Morgan fingerprint density at radius 2 is 1.91 bits per heavy atom. The minimum atomic E-state index is -0.0139. The van der Waals surface area contributed by atoms with E-state index in [1.165, 1.54) is 24.8 Å². The van der Waals surface area contributed by atoms with Crippen molar-refractivity contribution in [1.29, 1.82) is 0 Å². The van der Waals surface area contributed by atoms with Gasteiger partial charge in [-0.3, -0.25) is 0 Å². The van der Waals surface area contributed by atoms with E-state index in [4.69, 9.17) is 9.72 Å². The molecule has 1 aromatic carbocycles. The predicted octanol–water partition coefficient (Wildman–Crippen LogP) is 4.11. The number of ether oxygens (including phenoxy) is 1. The van der Waals surface area contributed by atoms with Gasteiger partial charge in [-0.05, 0) is 43.4 Å². The van der Waals surface area contributed by atoms with Crippen molar-refractivity contribution in [2.24, 2.45) is 5.92 Å². The predicted molar refractivity (Wildman–Crippen MR) is 140 cm³/mol. The second kappa shape index (κ2) is 10.7. The summed E-state index contributed by atoms with van der Waals surface area (Å²) in [5.41, 5.74) is 3.41. The van der Waals surface area contributed by atoms with Gasteiger partial charge in [0, 0.05) is 77.6 Å². The Balaban J connectivity index is 1.47. The molecular weight excluding hydrogens is 448 g/mol. The highest BCUT2D eigenvalue weighted by Gasteiger charge is 2.25. The quantitative estimate of drug-likeness (QED) is 0.618. The minimum absolute atomic E-state index is 0.00511. The van der Waals surface area contributed by atoms with Gasteiger partial charge in [-0.25, -0.2) is 14.1 Å². The maximum absolute atomic E-state index is 11.8. The summed E-state index contributed by atoms with van der Waals surface area (Å²) in [6.07, 6.45) is 3.51. The molecule has 2 saturated heterocycles. The van der Waals surface area contributed by atoms with Crippen molar-refractivity contribution < 1.29 is 9.53 Å². The highest BCUT2D eigenvalue weighted by molar-refractivity contribution is 7.98. The summed E-state index contributed by atoms with van der Waals surface area (Å²) in [5.74, 6) is 1.90. The number of fused-ring (bicyclic) bond motifs is 1. The average Bonchev–Trinajstić information content (AvgIpc) is 3.22. The molecule has 188 valence electrons. The number of anilines is 1. The maximum atomic E-state index is 11.8. The van der Waals surface area contributed by atoms with Gasteiger partial charge in [0.1, 0.15) is 5.82 Å². The molecule has 1 N–H and O–H groups in total. The van der Waals surface area contributed by atoms with Crippen molar-refractivity contribution in [2.75, 3.05) is 57.8 Å². The third kappa shape index (κ3) is 5.80.